The fourth-order valence-corrected chi connectivity index (χ4v) is 21.4. The smallest absolute Gasteiger partial charge is 0.0594 e. The van der Waals surface area contributed by atoms with Crippen LogP contribution in [-0.4, -0.2) is 22.4 Å². The van der Waals surface area contributed by atoms with Gasteiger partial charge in [0, 0.05) is 0 Å². The molecule has 8 fully saturated rings. The summed E-state index contributed by atoms with van der Waals surface area (Å²) in [6, 6.07) is 0. The van der Waals surface area contributed by atoms with Gasteiger partial charge in [0.05, 0.1) is 12.2 Å². The van der Waals surface area contributed by atoms with Crippen LogP contribution < -0.4 is 0 Å². The van der Waals surface area contributed by atoms with E-state index in [4.69, 9.17) is 0 Å². The van der Waals surface area contributed by atoms with Crippen molar-refractivity contribution < 1.29 is 10.2 Å². The molecule has 0 aromatic rings. The Morgan fingerprint density at radius 3 is 1.42 bits per heavy atom. The zero-order valence-electron chi connectivity index (χ0n) is 43.8. The van der Waals surface area contributed by atoms with Gasteiger partial charge in [-0.25, -0.2) is 0 Å². The van der Waals surface area contributed by atoms with Crippen LogP contribution in [0.5, 0.6) is 0 Å². The second-order valence-corrected chi connectivity index (χ2v) is 29.9. The van der Waals surface area contributed by atoms with Crippen molar-refractivity contribution in [3.8, 4) is 0 Å². The van der Waals surface area contributed by atoms with Crippen LogP contribution in [0.2, 0.25) is 0 Å². The highest BCUT2D eigenvalue weighted by Crippen LogP contribution is 2.78. The molecule has 0 spiro atoms. The number of aliphatic hydroxyl groups is 2. The van der Waals surface area contributed by atoms with E-state index in [1.807, 2.05) is 11.1 Å². The van der Waals surface area contributed by atoms with Crippen LogP contribution in [0.15, 0.2) is 23.3 Å². The van der Waals surface area contributed by atoms with Gasteiger partial charge < -0.3 is 10.2 Å². The fraction of sp³-hybridized carbons (Fsp3) is 0.933. The number of fused-ring (bicyclic) bond motifs is 14. The summed E-state index contributed by atoms with van der Waals surface area (Å²) < 4.78 is 0. The lowest BCUT2D eigenvalue weighted by Crippen LogP contribution is -2.64. The lowest BCUT2D eigenvalue weighted by Gasteiger charge is -2.71. The number of aliphatic hydroxyl groups excluding tert-OH is 2. The Kier molecular flexibility index (Phi) is 10.7. The van der Waals surface area contributed by atoms with E-state index < -0.39 is 0 Å². The summed E-state index contributed by atoms with van der Waals surface area (Å²) in [5, 5.41) is 21.8. The average molecular weight is 853 g/mol. The molecule has 2 heteroatoms. The highest BCUT2D eigenvalue weighted by atomic mass is 16.3. The second-order valence-electron chi connectivity index (χ2n) is 29.9. The van der Waals surface area contributed by atoms with E-state index >= 15 is 0 Å². The molecular formula is C60H100O2. The molecule has 0 amide bonds. The minimum Gasteiger partial charge on any atom is -0.393 e. The molecule has 0 bridgehead atoms. The van der Waals surface area contributed by atoms with Gasteiger partial charge in [0.1, 0.15) is 0 Å². The van der Waals surface area contributed by atoms with E-state index in [-0.39, 0.29) is 23.0 Å². The average Bonchev–Trinajstić information content (AvgIpc) is 3.18. The van der Waals surface area contributed by atoms with E-state index in [9.17, 15) is 10.2 Å². The lowest BCUT2D eigenvalue weighted by atomic mass is 9.33. The Morgan fingerprint density at radius 1 is 0.452 bits per heavy atom. The van der Waals surface area contributed by atoms with E-state index in [0.29, 0.717) is 60.6 Å². The van der Waals surface area contributed by atoms with Gasteiger partial charge in [-0.15, -0.1) is 0 Å². The summed E-state index contributed by atoms with van der Waals surface area (Å²) in [6.45, 7) is 41.0. The van der Waals surface area contributed by atoms with Crippen LogP contribution in [0.25, 0.3) is 0 Å². The Balaban J connectivity index is 0.000000158. The maximum Gasteiger partial charge on any atom is 0.0594 e. The summed E-state index contributed by atoms with van der Waals surface area (Å²) in [5.41, 5.74) is 7.69. The van der Waals surface area contributed by atoms with Crippen molar-refractivity contribution in [2.75, 3.05) is 0 Å². The van der Waals surface area contributed by atoms with E-state index in [1.54, 1.807) is 0 Å². The summed E-state index contributed by atoms with van der Waals surface area (Å²) in [7, 11) is 0. The summed E-state index contributed by atoms with van der Waals surface area (Å²) in [4.78, 5) is 0. The van der Waals surface area contributed by atoms with E-state index in [2.05, 4.69) is 123 Å². The molecule has 352 valence electrons. The summed E-state index contributed by atoms with van der Waals surface area (Å²) in [5.74, 6) is 6.11. The van der Waals surface area contributed by atoms with Crippen molar-refractivity contribution in [3.63, 3.8) is 0 Å². The Labute approximate surface area is 383 Å². The molecule has 2 nitrogen and oxygen atoms in total. The van der Waals surface area contributed by atoms with Crippen molar-refractivity contribution in [1.82, 2.24) is 0 Å². The first-order valence-electron chi connectivity index (χ1n) is 27.3. The first kappa shape index (κ1) is 46.5. The second kappa shape index (κ2) is 14.2. The maximum absolute atomic E-state index is 10.9. The molecule has 62 heavy (non-hydrogen) atoms. The summed E-state index contributed by atoms with van der Waals surface area (Å²) >= 11 is 0. The fourth-order valence-electron chi connectivity index (χ4n) is 21.4. The van der Waals surface area contributed by atoms with E-state index in [1.165, 1.54) is 109 Å². The van der Waals surface area contributed by atoms with Gasteiger partial charge in [-0.05, 0) is 229 Å². The molecule has 18 atom stereocenters. The highest BCUT2D eigenvalue weighted by molar-refractivity contribution is 5.35. The number of hydrogen-bond donors (Lipinski definition) is 2. The Bertz CT molecular complexity index is 1830. The largest absolute Gasteiger partial charge is 0.393 e. The molecule has 18 unspecified atom stereocenters. The van der Waals surface area contributed by atoms with Crippen molar-refractivity contribution >= 4 is 0 Å². The van der Waals surface area contributed by atoms with Crippen molar-refractivity contribution in [2.45, 2.75) is 245 Å². The zero-order chi connectivity index (χ0) is 45.3. The minimum absolute atomic E-state index is 0.0533. The molecular weight excluding hydrogens is 753 g/mol. The van der Waals surface area contributed by atoms with Crippen LogP contribution in [0, 0.1) is 107 Å². The molecule has 0 heterocycles. The van der Waals surface area contributed by atoms with Crippen LogP contribution in [0.4, 0.5) is 0 Å². The Morgan fingerprint density at radius 2 is 0.903 bits per heavy atom. The number of rotatable bonds is 0. The van der Waals surface area contributed by atoms with Crippen molar-refractivity contribution in [2.24, 2.45) is 107 Å². The predicted molar refractivity (Wildman–Crippen MR) is 261 cm³/mol. The van der Waals surface area contributed by atoms with Gasteiger partial charge in [0.2, 0.25) is 0 Å². The molecule has 0 aliphatic heterocycles. The third kappa shape index (κ3) is 6.02. The van der Waals surface area contributed by atoms with Crippen LogP contribution in [0.1, 0.15) is 233 Å². The minimum atomic E-state index is -0.125. The number of hydrogen-bond acceptors (Lipinski definition) is 2. The third-order valence-electron chi connectivity index (χ3n) is 26.4. The lowest BCUT2D eigenvalue weighted by molar-refractivity contribution is -0.203. The molecule has 0 aromatic heterocycles. The molecule has 0 aromatic carbocycles. The molecule has 0 radical (unpaired) electrons. The van der Waals surface area contributed by atoms with Crippen molar-refractivity contribution in [1.29, 1.82) is 0 Å². The molecule has 2 N–H and O–H groups in total. The number of allylic oxidation sites excluding steroid dienone is 4. The first-order chi connectivity index (χ1) is 28.5. The van der Waals surface area contributed by atoms with Crippen LogP contribution >= 0.6 is 0 Å². The van der Waals surface area contributed by atoms with Gasteiger partial charge in [0.25, 0.3) is 0 Å². The molecule has 10 aliphatic rings. The monoisotopic (exact) mass is 853 g/mol. The maximum atomic E-state index is 10.9. The van der Waals surface area contributed by atoms with Gasteiger partial charge >= 0.3 is 0 Å². The van der Waals surface area contributed by atoms with Gasteiger partial charge in [0.15, 0.2) is 0 Å². The normalized spacial score (nSPS) is 56.7. The predicted octanol–water partition coefficient (Wildman–Crippen LogP) is 16.2. The van der Waals surface area contributed by atoms with Crippen molar-refractivity contribution in [3.05, 3.63) is 23.3 Å². The molecule has 0 saturated heterocycles. The Hall–Kier alpha value is -0.600. The quantitative estimate of drug-likeness (QED) is 0.238. The SMILES string of the molecule is CC1(C)CCC2(C)CCC3(C)C(=CCC4C5(C)CCC(O)C(C)(C)C5CCC43C)C2C1.CC1CCC2(C)CCC3(C)C(=CCC4C5(C)CCC(O)C(C)(C)C5CCC43C)C2C1C. The summed E-state index contributed by atoms with van der Waals surface area (Å²) in [6.07, 6.45) is 30.4. The van der Waals surface area contributed by atoms with Crippen LogP contribution in [0.3, 0.4) is 0 Å². The van der Waals surface area contributed by atoms with Gasteiger partial charge in [-0.2, -0.15) is 0 Å². The topological polar surface area (TPSA) is 40.5 Å². The molecule has 10 aliphatic carbocycles. The van der Waals surface area contributed by atoms with E-state index in [0.717, 1.165) is 48.3 Å². The zero-order valence-corrected chi connectivity index (χ0v) is 43.8. The highest BCUT2D eigenvalue weighted by Gasteiger charge is 2.70. The first-order valence-corrected chi connectivity index (χ1v) is 27.3. The molecule has 8 saturated carbocycles. The van der Waals surface area contributed by atoms with Gasteiger partial charge in [-0.1, -0.05) is 134 Å². The standard InChI is InChI=1S/2C30H50O/c1-19-11-14-27(5)17-18-29(7)21(25(27)20(19)2)9-10-23-28(6)15-13-24(31)26(3,4)22(28)12-16-30(23,29)8;1-25(2)15-16-27(5)17-18-29(7)20(21(27)19-25)9-10-23-28(6)13-12-24(31)26(3,4)22(28)11-14-30(23,29)8/h9,19-20,22-25,31H,10-18H2,1-8H3;9,21-24,31H,10-19H2,1-8H3. The third-order valence-corrected chi connectivity index (χ3v) is 26.4. The van der Waals surface area contributed by atoms with Crippen LogP contribution in [-0.2, 0) is 0 Å². The molecule has 10 rings (SSSR count). The van der Waals surface area contributed by atoms with Gasteiger partial charge in [-0.3, -0.25) is 0 Å².